The molecule has 1 saturated carbocycles. The molecule has 16 atom stereocenters. The van der Waals surface area contributed by atoms with E-state index in [1.807, 2.05) is 113 Å². The number of pyridine rings is 1. The van der Waals surface area contributed by atoms with Crippen LogP contribution in [-0.4, -0.2) is 150 Å². The van der Waals surface area contributed by atoms with Gasteiger partial charge in [0.05, 0.1) is 35.5 Å². The number of allylic oxidation sites excluding steroid dienone is 1. The number of rotatable bonds is 29. The largest absolute Gasteiger partial charge is 0.460 e. The Hall–Kier alpha value is -5.47. The van der Waals surface area contributed by atoms with Crippen molar-refractivity contribution in [3.63, 3.8) is 0 Å². The lowest BCUT2D eigenvalue weighted by Gasteiger charge is -2.43. The van der Waals surface area contributed by atoms with Crippen molar-refractivity contribution < 1.29 is 72.2 Å². The summed E-state index contributed by atoms with van der Waals surface area (Å²) >= 11 is 0. The smallest absolute Gasteiger partial charge is 0.329 e. The summed E-state index contributed by atoms with van der Waals surface area (Å²) < 4.78 is 36.1. The molecule has 1 aromatic heterocycles. The molecule has 2 saturated heterocycles. The minimum absolute atomic E-state index is 0.0382. The number of likely N-dealkylation sites (tertiary alicyclic amines) is 1. The first-order valence-corrected chi connectivity index (χ1v) is 31.3. The first-order chi connectivity index (χ1) is 40.8. The molecule has 18 heteroatoms. The van der Waals surface area contributed by atoms with Crippen molar-refractivity contribution in [2.24, 2.45) is 35.0 Å². The number of benzene rings is 1. The SMILES string of the molecule is CC/C=C(\C)[C@@H](O)[C@@H](OC)C(=O)[C@H](C)C[C@H](C)C1C=CC(/C=C(\C)[C@H](C[C@@H]2CC[C@@H](C)[C@](O)(C(=O)C(=O)N3CCCC[C@H]3C(=O)O[C@@H](CC(C)=O)[C@H](C)C[C@@H]3CC[C@@H](OC(=O)C(C)(C)Cc4ccccn4)[C@H](OC)C3)O2)OC)ON1c1ccccc1. The molecule has 18 nitrogen and oxygen atoms in total. The molecule has 6 rings (SSSR count). The summed E-state index contributed by atoms with van der Waals surface area (Å²) in [7, 11) is 4.62. The quantitative estimate of drug-likeness (QED) is 0.0439. The zero-order valence-corrected chi connectivity index (χ0v) is 53.3. The number of piperidine rings is 1. The molecule has 0 spiro atoms. The maximum absolute atomic E-state index is 14.5. The first-order valence-electron chi connectivity index (χ1n) is 31.3. The second-order valence-corrected chi connectivity index (χ2v) is 25.6. The highest BCUT2D eigenvalue weighted by molar-refractivity contribution is 6.39. The molecular formula is C68H99N3O15. The molecular weight excluding hydrogens is 1100 g/mol. The maximum Gasteiger partial charge on any atom is 0.329 e. The number of ketones is 3. The topological polar surface area (TPSA) is 227 Å². The van der Waals surface area contributed by atoms with Crippen LogP contribution in [0.15, 0.2) is 90.2 Å². The van der Waals surface area contributed by atoms with Crippen LogP contribution in [0.25, 0.3) is 0 Å². The molecule has 1 aromatic carbocycles. The third-order valence-electron chi connectivity index (χ3n) is 18.2. The van der Waals surface area contributed by atoms with Gasteiger partial charge < -0.3 is 43.5 Å². The molecule has 476 valence electrons. The zero-order chi connectivity index (χ0) is 63.0. The van der Waals surface area contributed by atoms with Gasteiger partial charge in [-0.3, -0.25) is 33.8 Å². The van der Waals surface area contributed by atoms with E-state index in [4.69, 9.17) is 33.3 Å². The number of aliphatic hydroxyl groups is 2. The van der Waals surface area contributed by atoms with E-state index in [-0.39, 0.29) is 73.2 Å². The summed E-state index contributed by atoms with van der Waals surface area (Å²) in [6.07, 6.45) is 10.7. The Balaban J connectivity index is 1.08. The van der Waals surface area contributed by atoms with Gasteiger partial charge in [0.1, 0.15) is 42.3 Å². The number of carbonyl (C=O) groups is 6. The van der Waals surface area contributed by atoms with E-state index in [0.29, 0.717) is 63.4 Å². The summed E-state index contributed by atoms with van der Waals surface area (Å²) in [5.74, 6) is -7.48. The highest BCUT2D eigenvalue weighted by atomic mass is 16.7. The van der Waals surface area contributed by atoms with E-state index in [1.165, 1.54) is 18.9 Å². The lowest BCUT2D eigenvalue weighted by atomic mass is 9.78. The third kappa shape index (κ3) is 18.1. The number of ether oxygens (including phenoxy) is 6. The van der Waals surface area contributed by atoms with E-state index in [2.05, 4.69) is 18.0 Å². The average Bonchev–Trinajstić information content (AvgIpc) is 1.76. The summed E-state index contributed by atoms with van der Waals surface area (Å²) in [4.78, 5) is 95.5. The second kappa shape index (κ2) is 32.1. The van der Waals surface area contributed by atoms with Crippen molar-refractivity contribution in [3.05, 3.63) is 95.9 Å². The van der Waals surface area contributed by atoms with E-state index in [9.17, 15) is 39.0 Å². The number of hydrogen-bond acceptors (Lipinski definition) is 17. The van der Waals surface area contributed by atoms with Gasteiger partial charge >= 0.3 is 11.9 Å². The molecule has 0 bridgehead atoms. The summed E-state index contributed by atoms with van der Waals surface area (Å²) in [6.45, 7) is 18.5. The van der Waals surface area contributed by atoms with Crippen LogP contribution in [0.2, 0.25) is 0 Å². The number of aromatic nitrogens is 1. The molecule has 2 N–H and O–H groups in total. The molecule has 1 amide bonds. The normalized spacial score (nSPS) is 27.4. The van der Waals surface area contributed by atoms with Crippen molar-refractivity contribution in [2.45, 2.75) is 226 Å². The number of nitrogens with zero attached hydrogens (tertiary/aromatic N) is 3. The van der Waals surface area contributed by atoms with Gasteiger partial charge in [-0.25, -0.2) is 9.86 Å². The van der Waals surface area contributed by atoms with Crippen molar-refractivity contribution in [2.75, 3.05) is 32.9 Å². The van der Waals surface area contributed by atoms with E-state index in [1.54, 1.807) is 34.3 Å². The monoisotopic (exact) mass is 1200 g/mol. The highest BCUT2D eigenvalue weighted by Crippen LogP contribution is 2.39. The van der Waals surface area contributed by atoms with E-state index in [0.717, 1.165) is 29.8 Å². The Morgan fingerprint density at radius 2 is 1.59 bits per heavy atom. The molecule has 86 heavy (non-hydrogen) atoms. The van der Waals surface area contributed by atoms with Crippen molar-refractivity contribution in [1.29, 1.82) is 0 Å². The average molecular weight is 1200 g/mol. The summed E-state index contributed by atoms with van der Waals surface area (Å²) in [5, 5.41) is 25.1. The van der Waals surface area contributed by atoms with Crippen LogP contribution in [0.1, 0.15) is 158 Å². The minimum atomic E-state index is -2.49. The Kier molecular flexibility index (Phi) is 26.0. The number of Topliss-reactive ketones (excluding diaryl/α,β-unsaturated/α-hetero) is 3. The fourth-order valence-corrected chi connectivity index (χ4v) is 13.0. The van der Waals surface area contributed by atoms with Crippen LogP contribution in [0.5, 0.6) is 0 Å². The second-order valence-electron chi connectivity index (χ2n) is 25.6. The lowest BCUT2D eigenvalue weighted by molar-refractivity contribution is -0.265. The number of para-hydroxylation sites is 1. The number of esters is 2. The van der Waals surface area contributed by atoms with Crippen molar-refractivity contribution in [1.82, 2.24) is 9.88 Å². The number of hydroxylamine groups is 1. The summed E-state index contributed by atoms with van der Waals surface area (Å²) in [5.41, 5.74) is 2.31. The Morgan fingerprint density at radius 1 is 0.872 bits per heavy atom. The number of aliphatic hydroxyl groups excluding tert-OH is 1. The minimum Gasteiger partial charge on any atom is -0.460 e. The van der Waals surface area contributed by atoms with Gasteiger partial charge in [-0.2, -0.15) is 0 Å². The number of anilines is 1. The Labute approximate surface area is 510 Å². The number of hydrogen-bond donors (Lipinski definition) is 2. The third-order valence-corrected chi connectivity index (χ3v) is 18.2. The maximum atomic E-state index is 14.5. The van der Waals surface area contributed by atoms with Crippen molar-refractivity contribution in [3.8, 4) is 0 Å². The zero-order valence-electron chi connectivity index (χ0n) is 53.3. The predicted molar refractivity (Wildman–Crippen MR) is 326 cm³/mol. The molecule has 2 unspecified atom stereocenters. The molecule has 2 aromatic rings. The van der Waals surface area contributed by atoms with Gasteiger partial charge in [-0.05, 0) is 164 Å². The summed E-state index contributed by atoms with van der Waals surface area (Å²) in [6, 6.07) is 13.9. The lowest BCUT2D eigenvalue weighted by Crippen LogP contribution is -2.61. The van der Waals surface area contributed by atoms with Crippen LogP contribution in [0.3, 0.4) is 0 Å². The van der Waals surface area contributed by atoms with E-state index >= 15 is 0 Å². The molecule has 3 aliphatic heterocycles. The standard InChI is InChI=1S/C68H99N3O15/c1-14-22-42(2)60(73)62(82-13)61(74)46(6)35-43(3)54-31-30-53(86-71(54)51-24-16-15-17-25-51)37-45(5)57(80-11)40-52-29-27-47(7)68(79,85-52)63(75)64(76)70-34-21-19-26-55(70)65(77)83-58(38-48(8)72)44(4)36-49-28-32-56(59(39-49)81-12)84-66(78)67(9,10)41-50-23-18-20-33-69-50/h15-18,20,22-25,30-31,33,37,43-44,46-47,49,52-60,62,73,79H,14,19,21,26-29,32,34-36,38-41H2,1-13H3/b42-22+,45-37+/t43-,44+,46+,47+,49-,52-,53?,54?,55-,56+,57-,58-,59+,60+,62+,68+/m0/s1. The van der Waals surface area contributed by atoms with Gasteiger partial charge in [-0.1, -0.05) is 77.1 Å². The van der Waals surface area contributed by atoms with Crippen LogP contribution >= 0.6 is 0 Å². The highest BCUT2D eigenvalue weighted by Gasteiger charge is 2.53. The molecule has 3 fully saturated rings. The molecule has 4 aliphatic rings. The van der Waals surface area contributed by atoms with Crippen molar-refractivity contribution >= 4 is 40.9 Å². The van der Waals surface area contributed by atoms with Gasteiger partial charge in [0.25, 0.3) is 11.7 Å². The van der Waals surface area contributed by atoms with Gasteiger partial charge in [0, 0.05) is 70.9 Å². The van der Waals surface area contributed by atoms with Crippen LogP contribution in [0, 0.1) is 35.0 Å². The fourth-order valence-electron chi connectivity index (χ4n) is 13.0. The van der Waals surface area contributed by atoms with E-state index < -0.39 is 89.5 Å². The van der Waals surface area contributed by atoms with Gasteiger partial charge in [-0.15, -0.1) is 0 Å². The fraction of sp³-hybridized carbons (Fsp3) is 0.662. The predicted octanol–water partition coefficient (Wildman–Crippen LogP) is 9.81. The van der Waals surface area contributed by atoms with Crippen LogP contribution in [-0.2, 0) is 68.4 Å². The van der Waals surface area contributed by atoms with Crippen LogP contribution in [0.4, 0.5) is 5.69 Å². The molecule has 0 radical (unpaired) electrons. The van der Waals surface area contributed by atoms with Gasteiger partial charge in [0.15, 0.2) is 5.78 Å². The molecule has 1 aliphatic carbocycles. The number of methoxy groups -OCH3 is 3. The molecule has 4 heterocycles. The van der Waals surface area contributed by atoms with Gasteiger partial charge in [0.2, 0.25) is 5.79 Å². The Bertz CT molecular complexity index is 2660. The first kappa shape index (κ1) is 69.6. The number of carbonyl (C=O) groups excluding carboxylic acids is 6. The van der Waals surface area contributed by atoms with Crippen LogP contribution < -0.4 is 5.06 Å². The number of amides is 1. The Morgan fingerprint density at radius 3 is 2.24 bits per heavy atom.